The van der Waals surface area contributed by atoms with Crippen molar-refractivity contribution in [2.45, 2.75) is 11.4 Å². The molecule has 0 aliphatic carbocycles. The molecule has 0 fully saturated rings. The van der Waals surface area contributed by atoms with Crippen LogP contribution in [0.3, 0.4) is 0 Å². The van der Waals surface area contributed by atoms with Crippen LogP contribution in [0.25, 0.3) is 0 Å². The number of anilines is 1. The highest BCUT2D eigenvalue weighted by molar-refractivity contribution is 7.89. The van der Waals surface area contributed by atoms with Gasteiger partial charge in [0.15, 0.2) is 0 Å². The van der Waals surface area contributed by atoms with Crippen LogP contribution in [-0.2, 0) is 16.6 Å². The molecule has 2 aromatic rings. The van der Waals surface area contributed by atoms with Crippen LogP contribution in [0.1, 0.15) is 5.56 Å². The Kier molecular flexibility index (Phi) is 4.44. The predicted octanol–water partition coefficient (Wildman–Crippen LogP) is 1.49. The Morgan fingerprint density at radius 1 is 1.29 bits per heavy atom. The Morgan fingerprint density at radius 3 is 2.71 bits per heavy atom. The van der Waals surface area contributed by atoms with E-state index in [2.05, 4.69) is 4.98 Å². The Morgan fingerprint density at radius 2 is 2.05 bits per heavy atom. The summed E-state index contributed by atoms with van der Waals surface area (Å²) in [4.78, 5) is 3.82. The van der Waals surface area contributed by atoms with Gasteiger partial charge in [0.05, 0.1) is 7.11 Å². The number of nitrogen functional groups attached to an aromatic ring is 1. The van der Waals surface area contributed by atoms with Gasteiger partial charge in [0, 0.05) is 19.8 Å². The molecule has 1 aromatic carbocycles. The molecule has 0 aliphatic rings. The van der Waals surface area contributed by atoms with Crippen molar-refractivity contribution in [3.63, 3.8) is 0 Å². The number of sulfonamides is 1. The molecule has 0 saturated heterocycles. The molecule has 2 N–H and O–H groups in total. The smallest absolute Gasteiger partial charge is 0.246 e. The molecule has 0 radical (unpaired) electrons. The van der Waals surface area contributed by atoms with E-state index in [-0.39, 0.29) is 17.3 Å². The van der Waals surface area contributed by atoms with E-state index in [4.69, 9.17) is 10.5 Å². The van der Waals surface area contributed by atoms with E-state index in [0.717, 1.165) is 5.56 Å². The molecule has 112 valence electrons. The van der Waals surface area contributed by atoms with Crippen LogP contribution < -0.4 is 10.5 Å². The molecule has 1 aromatic heterocycles. The summed E-state index contributed by atoms with van der Waals surface area (Å²) in [7, 11) is -0.616. The minimum atomic E-state index is -3.68. The van der Waals surface area contributed by atoms with Gasteiger partial charge >= 0.3 is 0 Å². The van der Waals surface area contributed by atoms with Crippen LogP contribution in [0.2, 0.25) is 0 Å². The Bertz CT molecular complexity index is 732. The van der Waals surface area contributed by atoms with E-state index in [1.807, 2.05) is 12.1 Å². The number of pyridine rings is 1. The number of rotatable bonds is 5. The highest BCUT2D eigenvalue weighted by atomic mass is 32.2. The van der Waals surface area contributed by atoms with Crippen molar-refractivity contribution in [1.82, 2.24) is 9.29 Å². The lowest BCUT2D eigenvalue weighted by Gasteiger charge is -2.18. The predicted molar refractivity (Wildman–Crippen MR) is 80.3 cm³/mol. The fourth-order valence-electron chi connectivity index (χ4n) is 1.90. The molecule has 0 atom stereocenters. The second-order valence-electron chi connectivity index (χ2n) is 4.50. The summed E-state index contributed by atoms with van der Waals surface area (Å²) in [6.07, 6.45) is 1.45. The van der Waals surface area contributed by atoms with Crippen molar-refractivity contribution in [2.75, 3.05) is 19.9 Å². The van der Waals surface area contributed by atoms with Crippen LogP contribution >= 0.6 is 0 Å². The summed E-state index contributed by atoms with van der Waals surface area (Å²) < 4.78 is 31.3. The Labute approximate surface area is 124 Å². The molecule has 0 aliphatic heterocycles. The second-order valence-corrected chi connectivity index (χ2v) is 6.51. The lowest BCUT2D eigenvalue weighted by atomic mass is 10.2. The van der Waals surface area contributed by atoms with Gasteiger partial charge in [-0.15, -0.1) is 0 Å². The van der Waals surface area contributed by atoms with Gasteiger partial charge < -0.3 is 10.5 Å². The number of nitrogens with two attached hydrogens (primary N) is 1. The third-order valence-corrected chi connectivity index (χ3v) is 4.88. The number of hydrogen-bond donors (Lipinski definition) is 1. The zero-order chi connectivity index (χ0) is 15.5. The number of methoxy groups -OCH3 is 1. The summed E-state index contributed by atoms with van der Waals surface area (Å²) in [6.45, 7) is 0.216. The SMILES string of the molecule is COc1cccc(CN(C)S(=O)(=O)c2cccnc2N)c1. The van der Waals surface area contributed by atoms with E-state index in [1.54, 1.807) is 25.3 Å². The number of aromatic nitrogens is 1. The summed E-state index contributed by atoms with van der Waals surface area (Å²) in [5, 5.41) is 0. The summed E-state index contributed by atoms with van der Waals surface area (Å²) in [5.41, 5.74) is 6.47. The van der Waals surface area contributed by atoms with Gasteiger partial charge in [-0.1, -0.05) is 12.1 Å². The van der Waals surface area contributed by atoms with Gasteiger partial charge in [0.25, 0.3) is 0 Å². The van der Waals surface area contributed by atoms with Gasteiger partial charge in [0.2, 0.25) is 10.0 Å². The van der Waals surface area contributed by atoms with Crippen molar-refractivity contribution in [3.05, 3.63) is 48.2 Å². The molecule has 0 unspecified atom stereocenters. The normalized spacial score (nSPS) is 11.6. The fourth-order valence-corrected chi connectivity index (χ4v) is 3.12. The molecule has 0 amide bonds. The lowest BCUT2D eigenvalue weighted by Crippen LogP contribution is -2.27. The van der Waals surface area contributed by atoms with E-state index >= 15 is 0 Å². The van der Waals surface area contributed by atoms with E-state index in [1.165, 1.54) is 23.6 Å². The van der Waals surface area contributed by atoms with Crippen molar-refractivity contribution in [1.29, 1.82) is 0 Å². The Balaban J connectivity index is 2.27. The molecule has 0 spiro atoms. The summed E-state index contributed by atoms with van der Waals surface area (Å²) >= 11 is 0. The average molecular weight is 307 g/mol. The average Bonchev–Trinajstić information content (AvgIpc) is 2.47. The van der Waals surface area contributed by atoms with Gasteiger partial charge in [-0.25, -0.2) is 13.4 Å². The van der Waals surface area contributed by atoms with E-state index in [0.29, 0.717) is 5.75 Å². The zero-order valence-electron chi connectivity index (χ0n) is 11.9. The van der Waals surface area contributed by atoms with Crippen molar-refractivity contribution >= 4 is 15.8 Å². The molecular weight excluding hydrogens is 290 g/mol. The molecule has 6 nitrogen and oxygen atoms in total. The quantitative estimate of drug-likeness (QED) is 0.904. The highest BCUT2D eigenvalue weighted by Gasteiger charge is 2.23. The molecule has 0 bridgehead atoms. The van der Waals surface area contributed by atoms with Crippen molar-refractivity contribution in [2.24, 2.45) is 0 Å². The first-order valence-corrected chi connectivity index (χ1v) is 7.69. The molecule has 1 heterocycles. The molecular formula is C14H17N3O3S. The van der Waals surface area contributed by atoms with Gasteiger partial charge in [-0.2, -0.15) is 4.31 Å². The van der Waals surface area contributed by atoms with Crippen LogP contribution in [0.15, 0.2) is 47.5 Å². The van der Waals surface area contributed by atoms with Crippen LogP contribution in [-0.4, -0.2) is 31.9 Å². The standard InChI is InChI=1S/C14H17N3O3S/c1-17(10-11-5-3-6-12(9-11)20-2)21(18,19)13-7-4-8-16-14(13)15/h3-9H,10H2,1-2H3,(H2,15,16). The van der Waals surface area contributed by atoms with Crippen molar-refractivity contribution < 1.29 is 13.2 Å². The third-order valence-electron chi connectivity index (χ3n) is 3.03. The van der Waals surface area contributed by atoms with Gasteiger partial charge in [-0.05, 0) is 29.8 Å². The summed E-state index contributed by atoms with van der Waals surface area (Å²) in [6, 6.07) is 10.2. The van der Waals surface area contributed by atoms with Crippen LogP contribution in [0.4, 0.5) is 5.82 Å². The first kappa shape index (κ1) is 15.3. The molecule has 7 heteroatoms. The Hall–Kier alpha value is -2.12. The monoisotopic (exact) mass is 307 g/mol. The zero-order valence-corrected chi connectivity index (χ0v) is 12.7. The van der Waals surface area contributed by atoms with E-state index in [9.17, 15) is 8.42 Å². The molecule has 0 saturated carbocycles. The maximum absolute atomic E-state index is 12.5. The fraction of sp³-hybridized carbons (Fsp3) is 0.214. The van der Waals surface area contributed by atoms with Crippen LogP contribution in [0.5, 0.6) is 5.75 Å². The number of ether oxygens (including phenoxy) is 1. The first-order valence-electron chi connectivity index (χ1n) is 6.25. The van der Waals surface area contributed by atoms with Crippen molar-refractivity contribution in [3.8, 4) is 5.75 Å². The number of nitrogens with zero attached hydrogens (tertiary/aromatic N) is 2. The molecule has 21 heavy (non-hydrogen) atoms. The largest absolute Gasteiger partial charge is 0.497 e. The number of benzene rings is 1. The lowest BCUT2D eigenvalue weighted by molar-refractivity contribution is 0.412. The second kappa shape index (κ2) is 6.11. The highest BCUT2D eigenvalue weighted by Crippen LogP contribution is 2.21. The van der Waals surface area contributed by atoms with Crippen LogP contribution in [0, 0.1) is 0 Å². The molecule has 2 rings (SSSR count). The maximum atomic E-state index is 12.5. The van der Waals surface area contributed by atoms with Gasteiger partial charge in [0.1, 0.15) is 16.5 Å². The minimum Gasteiger partial charge on any atom is -0.497 e. The van der Waals surface area contributed by atoms with Gasteiger partial charge in [-0.3, -0.25) is 0 Å². The topological polar surface area (TPSA) is 85.5 Å². The third kappa shape index (κ3) is 3.32. The van der Waals surface area contributed by atoms with E-state index < -0.39 is 10.0 Å². The number of hydrogen-bond acceptors (Lipinski definition) is 5. The minimum absolute atomic E-state index is 0.00464. The first-order chi connectivity index (χ1) is 9.95. The summed E-state index contributed by atoms with van der Waals surface area (Å²) in [5.74, 6) is 0.675. The maximum Gasteiger partial charge on any atom is 0.246 e.